The van der Waals surface area contributed by atoms with Crippen LogP contribution in [0, 0.1) is 11.2 Å². The lowest BCUT2D eigenvalue weighted by atomic mass is 9.74. The summed E-state index contributed by atoms with van der Waals surface area (Å²) in [5.74, 6) is -0.780. The number of aromatic nitrogens is 2. The molecule has 1 amide bonds. The van der Waals surface area contributed by atoms with Crippen LogP contribution < -0.4 is 10.7 Å². The Labute approximate surface area is 183 Å². The zero-order chi connectivity index (χ0) is 22.5. The highest BCUT2D eigenvalue weighted by Gasteiger charge is 2.36. The van der Waals surface area contributed by atoms with E-state index in [1.165, 1.54) is 18.2 Å². The first-order chi connectivity index (χ1) is 15.3. The maximum absolute atomic E-state index is 13.4. The van der Waals surface area contributed by atoms with E-state index in [-0.39, 0.29) is 28.5 Å². The van der Waals surface area contributed by atoms with Crippen molar-refractivity contribution in [2.24, 2.45) is 5.41 Å². The largest absolute Gasteiger partial charge is 0.451 e. The molecule has 2 aromatic heterocycles. The highest BCUT2D eigenvalue weighted by Crippen LogP contribution is 2.41. The molecule has 2 aromatic carbocycles. The van der Waals surface area contributed by atoms with Crippen LogP contribution >= 0.6 is 0 Å². The van der Waals surface area contributed by atoms with Gasteiger partial charge >= 0.3 is 0 Å². The lowest BCUT2D eigenvalue weighted by molar-refractivity contribution is 0.0891. The molecule has 0 fully saturated rings. The van der Waals surface area contributed by atoms with Crippen molar-refractivity contribution in [3.05, 3.63) is 93.9 Å². The first-order valence-corrected chi connectivity index (χ1v) is 10.5. The van der Waals surface area contributed by atoms with Gasteiger partial charge in [0.1, 0.15) is 11.4 Å². The van der Waals surface area contributed by atoms with Crippen LogP contribution in [0.3, 0.4) is 0 Å². The Kier molecular flexibility index (Phi) is 4.69. The molecule has 32 heavy (non-hydrogen) atoms. The number of hydrogen-bond donors (Lipinski definition) is 1. The molecule has 0 saturated carbocycles. The van der Waals surface area contributed by atoms with Crippen LogP contribution in [0.15, 0.2) is 70.0 Å². The van der Waals surface area contributed by atoms with Gasteiger partial charge < -0.3 is 9.73 Å². The fourth-order valence-electron chi connectivity index (χ4n) is 4.42. The summed E-state index contributed by atoms with van der Waals surface area (Å²) < 4.78 is 20.9. The number of hydrogen-bond acceptors (Lipinski definition) is 4. The minimum atomic E-state index is -0.448. The van der Waals surface area contributed by atoms with Gasteiger partial charge in [-0.1, -0.05) is 26.0 Å². The molecule has 6 nitrogen and oxygen atoms in total. The first kappa shape index (κ1) is 20.2. The minimum Gasteiger partial charge on any atom is -0.451 e. The summed E-state index contributed by atoms with van der Waals surface area (Å²) in [4.78, 5) is 25.4. The van der Waals surface area contributed by atoms with Crippen LogP contribution in [0.5, 0.6) is 0 Å². The third-order valence-corrected chi connectivity index (χ3v) is 5.91. The quantitative estimate of drug-likeness (QED) is 0.516. The second-order valence-corrected chi connectivity index (χ2v) is 8.98. The molecular weight excluding hydrogens is 409 g/mol. The van der Waals surface area contributed by atoms with E-state index < -0.39 is 5.91 Å². The Morgan fingerprint density at radius 1 is 1.19 bits per heavy atom. The number of carbonyl (C=O) groups excluding carboxylic acids is 1. The third kappa shape index (κ3) is 3.60. The Hall–Kier alpha value is -3.74. The molecule has 1 N–H and O–H groups in total. The molecule has 0 spiro atoms. The van der Waals surface area contributed by atoms with Crippen molar-refractivity contribution >= 4 is 16.9 Å². The van der Waals surface area contributed by atoms with Crippen molar-refractivity contribution in [3.63, 3.8) is 0 Å². The van der Waals surface area contributed by atoms with Crippen molar-refractivity contribution in [1.29, 1.82) is 0 Å². The van der Waals surface area contributed by atoms with Gasteiger partial charge in [-0.3, -0.25) is 9.59 Å². The molecule has 2 heterocycles. The summed E-state index contributed by atoms with van der Waals surface area (Å²) in [6, 6.07) is 13.9. The molecule has 7 heteroatoms. The Morgan fingerprint density at radius 3 is 2.72 bits per heavy atom. The van der Waals surface area contributed by atoms with Gasteiger partial charge in [-0.2, -0.15) is 5.10 Å². The van der Waals surface area contributed by atoms with Gasteiger partial charge in [-0.15, -0.1) is 0 Å². The number of rotatable bonds is 3. The zero-order valence-electron chi connectivity index (χ0n) is 17.8. The molecule has 0 radical (unpaired) electrons. The molecule has 4 aromatic rings. The fraction of sp³-hybridized carbons (Fsp3) is 0.240. The maximum Gasteiger partial charge on any atom is 0.287 e. The summed E-state index contributed by atoms with van der Waals surface area (Å²) in [5.41, 5.74) is 2.65. The van der Waals surface area contributed by atoms with Crippen molar-refractivity contribution in [3.8, 4) is 5.69 Å². The summed E-state index contributed by atoms with van der Waals surface area (Å²) in [6.45, 7) is 4.26. The van der Waals surface area contributed by atoms with E-state index in [0.29, 0.717) is 17.4 Å². The van der Waals surface area contributed by atoms with E-state index in [2.05, 4.69) is 24.3 Å². The van der Waals surface area contributed by atoms with Crippen molar-refractivity contribution < 1.29 is 13.6 Å². The number of fused-ring (bicyclic) bond motifs is 2. The number of nitrogens with zero attached hydrogens (tertiary/aromatic N) is 2. The molecule has 1 aliphatic carbocycles. The summed E-state index contributed by atoms with van der Waals surface area (Å²) >= 11 is 0. The van der Waals surface area contributed by atoms with Crippen LogP contribution in [0.1, 0.15) is 48.1 Å². The fourth-order valence-corrected chi connectivity index (χ4v) is 4.42. The second-order valence-electron chi connectivity index (χ2n) is 8.98. The van der Waals surface area contributed by atoms with Crippen molar-refractivity contribution in [1.82, 2.24) is 15.1 Å². The van der Waals surface area contributed by atoms with Gasteiger partial charge in [0, 0.05) is 11.6 Å². The van der Waals surface area contributed by atoms with Crippen molar-refractivity contribution in [2.45, 2.75) is 32.7 Å². The maximum atomic E-state index is 13.4. The molecule has 1 atom stereocenters. The number of nitrogens with one attached hydrogen (secondary N) is 1. The van der Waals surface area contributed by atoms with E-state index in [4.69, 9.17) is 4.42 Å². The molecule has 0 saturated heterocycles. The Balaban J connectivity index is 1.49. The zero-order valence-corrected chi connectivity index (χ0v) is 17.8. The molecule has 1 aliphatic rings. The van der Waals surface area contributed by atoms with Gasteiger partial charge in [0.25, 0.3) is 5.91 Å². The standard InChI is InChI=1S/C25H22FN3O3/c1-25(2)12-19(18-14-27-29(20(18)13-25)16-9-7-15(26)8-10-16)28-24(31)23-11-21(30)17-5-3-4-6-22(17)32-23/h3-11,14,19H,12-13H2,1-2H3,(H,28,31)/t19-/m0/s1. The third-order valence-electron chi connectivity index (χ3n) is 5.91. The average Bonchev–Trinajstić information content (AvgIpc) is 3.17. The average molecular weight is 431 g/mol. The molecule has 162 valence electrons. The van der Waals surface area contributed by atoms with E-state index in [1.54, 1.807) is 47.3 Å². The topological polar surface area (TPSA) is 77.1 Å². The Bertz CT molecular complexity index is 1390. The number of amides is 1. The van der Waals surface area contributed by atoms with Crippen LogP contribution in [0.2, 0.25) is 0 Å². The van der Waals surface area contributed by atoms with Crippen LogP contribution in [0.4, 0.5) is 4.39 Å². The summed E-state index contributed by atoms with van der Waals surface area (Å²) in [7, 11) is 0. The molecule has 5 rings (SSSR count). The number of para-hydroxylation sites is 1. The van der Waals surface area contributed by atoms with Gasteiger partial charge in [0.05, 0.1) is 29.0 Å². The second kappa shape index (κ2) is 7.44. The van der Waals surface area contributed by atoms with Gasteiger partial charge in [0.2, 0.25) is 0 Å². The van der Waals surface area contributed by atoms with Gasteiger partial charge in [0.15, 0.2) is 11.2 Å². The lowest BCUT2D eigenvalue weighted by Crippen LogP contribution is -2.37. The molecule has 0 aliphatic heterocycles. The number of halogens is 1. The van der Waals surface area contributed by atoms with E-state index >= 15 is 0 Å². The van der Waals surface area contributed by atoms with Crippen LogP contribution in [-0.2, 0) is 6.42 Å². The SMILES string of the molecule is CC1(C)Cc2c(cnn2-c2ccc(F)cc2)[C@@H](NC(=O)c2cc(=O)c3ccccc3o2)C1. The molecule has 0 unspecified atom stereocenters. The monoisotopic (exact) mass is 431 g/mol. The van der Waals surface area contributed by atoms with E-state index in [9.17, 15) is 14.0 Å². The number of carbonyl (C=O) groups is 1. The highest BCUT2D eigenvalue weighted by molar-refractivity contribution is 5.93. The van der Waals surface area contributed by atoms with Crippen LogP contribution in [0.25, 0.3) is 16.7 Å². The molecular formula is C25H22FN3O3. The first-order valence-electron chi connectivity index (χ1n) is 10.5. The highest BCUT2D eigenvalue weighted by atomic mass is 19.1. The molecule has 0 bridgehead atoms. The predicted octanol–water partition coefficient (Wildman–Crippen LogP) is 4.56. The van der Waals surface area contributed by atoms with Gasteiger partial charge in [-0.25, -0.2) is 9.07 Å². The normalized spacial score (nSPS) is 17.2. The smallest absolute Gasteiger partial charge is 0.287 e. The minimum absolute atomic E-state index is 0.0236. The van der Waals surface area contributed by atoms with E-state index in [1.807, 2.05) is 0 Å². The van der Waals surface area contributed by atoms with Gasteiger partial charge in [-0.05, 0) is 54.7 Å². The number of benzene rings is 2. The summed E-state index contributed by atoms with van der Waals surface area (Å²) in [5, 5.41) is 7.98. The predicted molar refractivity (Wildman–Crippen MR) is 118 cm³/mol. The Morgan fingerprint density at radius 2 is 1.94 bits per heavy atom. The lowest BCUT2D eigenvalue weighted by Gasteiger charge is -2.35. The van der Waals surface area contributed by atoms with E-state index in [0.717, 1.165) is 23.4 Å². The van der Waals surface area contributed by atoms with Crippen molar-refractivity contribution in [2.75, 3.05) is 0 Å². The summed E-state index contributed by atoms with van der Waals surface area (Å²) in [6.07, 6.45) is 3.21. The van der Waals surface area contributed by atoms with Crippen LogP contribution in [-0.4, -0.2) is 15.7 Å².